The molecule has 1 heterocycles. The van der Waals surface area contributed by atoms with E-state index in [1.54, 1.807) is 37.4 Å². The van der Waals surface area contributed by atoms with Crippen molar-refractivity contribution in [1.82, 2.24) is 0 Å². The van der Waals surface area contributed by atoms with E-state index in [9.17, 15) is 10.1 Å². The summed E-state index contributed by atoms with van der Waals surface area (Å²) >= 11 is 4.74. The second-order valence-electron chi connectivity index (χ2n) is 5.45. The first kappa shape index (κ1) is 18.1. The number of halogens is 1. The van der Waals surface area contributed by atoms with Crippen LogP contribution in [0.25, 0.3) is 11.6 Å². The third-order valence-corrected chi connectivity index (χ3v) is 5.34. The van der Waals surface area contributed by atoms with Gasteiger partial charge in [0.05, 0.1) is 17.6 Å². The van der Waals surface area contributed by atoms with Gasteiger partial charge in [-0.25, -0.2) is 0 Å². The number of methoxy groups -OCH3 is 1. The largest absolute Gasteiger partial charge is 0.497 e. The predicted octanol–water partition coefficient (Wildman–Crippen LogP) is 5.81. The molecule has 128 valence electrons. The highest BCUT2D eigenvalue weighted by atomic mass is 79.9. The molecular weight excluding hydrogens is 410 g/mol. The average Bonchev–Trinajstić information content (AvgIpc) is 3.15. The molecule has 3 aromatic rings. The summed E-state index contributed by atoms with van der Waals surface area (Å²) in [6.45, 7) is 0. The smallest absolute Gasteiger partial charge is 0.202 e. The summed E-state index contributed by atoms with van der Waals surface area (Å²) in [6.07, 6.45) is 1.82. The highest BCUT2D eigenvalue weighted by Gasteiger charge is 2.14. The second kappa shape index (κ2) is 8.13. The fraction of sp³-hybridized carbons (Fsp3) is 0.0476. The van der Waals surface area contributed by atoms with Gasteiger partial charge in [0.25, 0.3) is 0 Å². The van der Waals surface area contributed by atoms with Gasteiger partial charge in [0.1, 0.15) is 11.8 Å². The average molecular weight is 424 g/mol. The van der Waals surface area contributed by atoms with Crippen molar-refractivity contribution in [2.45, 2.75) is 0 Å². The zero-order valence-electron chi connectivity index (χ0n) is 13.9. The standard InChI is InChI=1S/C21H14BrNO2S/c1-25-18-7-5-15(6-8-18)21(24)20-10-9-19(26-20)16(13-23)11-14-3-2-4-17(22)12-14/h2-12H,1H3/b16-11-. The Morgan fingerprint density at radius 2 is 1.85 bits per heavy atom. The number of rotatable bonds is 5. The Hall–Kier alpha value is -2.68. The van der Waals surface area contributed by atoms with Gasteiger partial charge in [0.2, 0.25) is 5.78 Å². The maximum Gasteiger partial charge on any atom is 0.202 e. The molecule has 0 N–H and O–H groups in total. The molecule has 0 spiro atoms. The minimum Gasteiger partial charge on any atom is -0.497 e. The van der Waals surface area contributed by atoms with E-state index in [1.807, 2.05) is 36.4 Å². The highest BCUT2D eigenvalue weighted by Crippen LogP contribution is 2.28. The summed E-state index contributed by atoms with van der Waals surface area (Å²) in [4.78, 5) is 14.0. The Morgan fingerprint density at radius 3 is 2.50 bits per heavy atom. The molecule has 0 amide bonds. The van der Waals surface area contributed by atoms with Gasteiger partial charge in [-0.05, 0) is 60.2 Å². The van der Waals surface area contributed by atoms with Crippen molar-refractivity contribution in [2.75, 3.05) is 7.11 Å². The number of hydrogen-bond donors (Lipinski definition) is 0. The van der Waals surface area contributed by atoms with Crippen LogP contribution in [0.15, 0.2) is 65.1 Å². The molecule has 0 aliphatic heterocycles. The minimum absolute atomic E-state index is 0.0661. The Morgan fingerprint density at radius 1 is 1.12 bits per heavy atom. The van der Waals surface area contributed by atoms with Crippen LogP contribution in [0.3, 0.4) is 0 Å². The van der Waals surface area contributed by atoms with Gasteiger partial charge in [-0.15, -0.1) is 11.3 Å². The lowest BCUT2D eigenvalue weighted by Crippen LogP contribution is -1.98. The van der Waals surface area contributed by atoms with E-state index in [4.69, 9.17) is 4.74 Å². The zero-order valence-corrected chi connectivity index (χ0v) is 16.3. The molecule has 1 aromatic heterocycles. The number of ether oxygens (including phenoxy) is 1. The Kier molecular flexibility index (Phi) is 5.67. The molecule has 0 bridgehead atoms. The van der Waals surface area contributed by atoms with E-state index in [0.29, 0.717) is 21.8 Å². The van der Waals surface area contributed by atoms with Crippen LogP contribution in [0.2, 0.25) is 0 Å². The Labute approximate surface area is 164 Å². The van der Waals surface area contributed by atoms with Crippen molar-refractivity contribution in [3.05, 3.63) is 86.0 Å². The summed E-state index contributed by atoms with van der Waals surface area (Å²) < 4.78 is 6.06. The normalized spacial score (nSPS) is 11.0. The number of benzene rings is 2. The number of ketones is 1. The minimum atomic E-state index is -0.0661. The van der Waals surface area contributed by atoms with E-state index in [1.165, 1.54) is 11.3 Å². The summed E-state index contributed by atoms with van der Waals surface area (Å²) in [7, 11) is 1.59. The number of hydrogen-bond acceptors (Lipinski definition) is 4. The summed E-state index contributed by atoms with van der Waals surface area (Å²) in [5.74, 6) is 0.640. The van der Waals surface area contributed by atoms with Gasteiger partial charge in [-0.1, -0.05) is 28.1 Å². The SMILES string of the molecule is COc1ccc(C(=O)c2ccc(/C(C#N)=C\c3cccc(Br)c3)s2)cc1. The number of carbonyl (C=O) groups excluding carboxylic acids is 1. The molecule has 0 aliphatic rings. The van der Waals surface area contributed by atoms with Gasteiger partial charge < -0.3 is 4.74 Å². The van der Waals surface area contributed by atoms with E-state index >= 15 is 0 Å². The molecule has 2 aromatic carbocycles. The van der Waals surface area contributed by atoms with Crippen molar-refractivity contribution >= 4 is 44.7 Å². The first-order valence-corrected chi connectivity index (χ1v) is 9.38. The maximum atomic E-state index is 12.6. The molecule has 0 fully saturated rings. The molecule has 0 saturated carbocycles. The predicted molar refractivity (Wildman–Crippen MR) is 108 cm³/mol. The summed E-state index contributed by atoms with van der Waals surface area (Å²) in [6, 6.07) is 20.5. The monoisotopic (exact) mass is 423 g/mol. The van der Waals surface area contributed by atoms with Crippen LogP contribution in [-0.2, 0) is 0 Å². The number of nitrogens with zero attached hydrogens (tertiary/aromatic N) is 1. The van der Waals surface area contributed by atoms with Crippen LogP contribution in [0.1, 0.15) is 25.7 Å². The number of carbonyl (C=O) groups is 1. The topological polar surface area (TPSA) is 50.1 Å². The van der Waals surface area contributed by atoms with Gasteiger partial charge in [0.15, 0.2) is 0 Å². The van der Waals surface area contributed by atoms with Crippen LogP contribution < -0.4 is 4.74 Å². The van der Waals surface area contributed by atoms with Crippen LogP contribution in [-0.4, -0.2) is 12.9 Å². The quantitative estimate of drug-likeness (QED) is 0.383. The van der Waals surface area contributed by atoms with E-state index in [0.717, 1.165) is 14.9 Å². The molecule has 0 saturated heterocycles. The van der Waals surface area contributed by atoms with Gasteiger partial charge in [0, 0.05) is 14.9 Å². The van der Waals surface area contributed by atoms with Gasteiger partial charge in [-0.3, -0.25) is 4.79 Å². The molecule has 0 unspecified atom stereocenters. The Bertz CT molecular complexity index is 1010. The first-order valence-electron chi connectivity index (χ1n) is 7.77. The van der Waals surface area contributed by atoms with Crippen molar-refractivity contribution in [1.29, 1.82) is 5.26 Å². The van der Waals surface area contributed by atoms with Gasteiger partial charge >= 0.3 is 0 Å². The number of nitriles is 1. The third-order valence-electron chi connectivity index (χ3n) is 3.73. The molecule has 0 aliphatic carbocycles. The first-order chi connectivity index (χ1) is 12.6. The van der Waals surface area contributed by atoms with E-state index < -0.39 is 0 Å². The molecule has 3 nitrogen and oxygen atoms in total. The van der Waals surface area contributed by atoms with Crippen LogP contribution >= 0.6 is 27.3 Å². The van der Waals surface area contributed by atoms with E-state index in [2.05, 4.69) is 22.0 Å². The van der Waals surface area contributed by atoms with Crippen LogP contribution in [0.5, 0.6) is 5.75 Å². The van der Waals surface area contributed by atoms with Gasteiger partial charge in [-0.2, -0.15) is 5.26 Å². The number of allylic oxidation sites excluding steroid dienone is 1. The van der Waals surface area contributed by atoms with Crippen molar-refractivity contribution < 1.29 is 9.53 Å². The van der Waals surface area contributed by atoms with Crippen LogP contribution in [0.4, 0.5) is 0 Å². The fourth-order valence-electron chi connectivity index (χ4n) is 2.41. The molecule has 0 atom stereocenters. The van der Waals surface area contributed by atoms with Crippen molar-refractivity contribution in [2.24, 2.45) is 0 Å². The Balaban J connectivity index is 1.88. The van der Waals surface area contributed by atoms with Crippen molar-refractivity contribution in [3.63, 3.8) is 0 Å². The third kappa shape index (κ3) is 4.10. The molecule has 3 rings (SSSR count). The van der Waals surface area contributed by atoms with Crippen molar-refractivity contribution in [3.8, 4) is 11.8 Å². The lowest BCUT2D eigenvalue weighted by molar-refractivity contribution is 0.104. The maximum absolute atomic E-state index is 12.6. The number of thiophene rings is 1. The lowest BCUT2D eigenvalue weighted by Gasteiger charge is -2.01. The molecule has 26 heavy (non-hydrogen) atoms. The summed E-state index contributed by atoms with van der Waals surface area (Å²) in [5.41, 5.74) is 2.04. The summed E-state index contributed by atoms with van der Waals surface area (Å²) in [5, 5.41) is 9.51. The highest BCUT2D eigenvalue weighted by molar-refractivity contribution is 9.10. The van der Waals surface area contributed by atoms with Crippen LogP contribution in [0, 0.1) is 11.3 Å². The fourth-order valence-corrected chi connectivity index (χ4v) is 3.76. The second-order valence-corrected chi connectivity index (χ2v) is 7.45. The zero-order chi connectivity index (χ0) is 18.5. The lowest BCUT2D eigenvalue weighted by atomic mass is 10.1. The molecule has 5 heteroatoms. The molecule has 0 radical (unpaired) electrons. The molecular formula is C21H14BrNO2S. The van der Waals surface area contributed by atoms with E-state index in [-0.39, 0.29) is 5.78 Å².